The minimum atomic E-state index is -0.111. The van der Waals surface area contributed by atoms with Gasteiger partial charge in [0.05, 0.1) is 23.5 Å². The lowest BCUT2D eigenvalue weighted by Crippen LogP contribution is -2.00. The lowest BCUT2D eigenvalue weighted by atomic mass is 10.1. The first-order valence-corrected chi connectivity index (χ1v) is 5.71. The molecule has 0 radical (unpaired) electrons. The molecular formula is C13H8ClN3O. The van der Waals surface area contributed by atoms with Gasteiger partial charge in [0.2, 0.25) is 0 Å². The van der Waals surface area contributed by atoms with E-state index in [2.05, 4.69) is 10.1 Å². The van der Waals surface area contributed by atoms with Gasteiger partial charge in [0.15, 0.2) is 5.78 Å². The number of hydrogen-bond acceptors (Lipinski definition) is 3. The lowest BCUT2D eigenvalue weighted by molar-refractivity contribution is 0.104. The third kappa shape index (κ3) is 1.76. The van der Waals surface area contributed by atoms with Crippen molar-refractivity contribution in [3.63, 3.8) is 0 Å². The standard InChI is InChI=1S/C13H8ClN3O/c14-10-3-1-2-9(6-10)13(18)11-7-16-17-5-4-15-8-12(11)17/h1-8H. The predicted molar refractivity (Wildman–Crippen MR) is 67.9 cm³/mol. The summed E-state index contributed by atoms with van der Waals surface area (Å²) in [6.07, 6.45) is 6.47. The maximum Gasteiger partial charge on any atom is 0.196 e. The minimum absolute atomic E-state index is 0.111. The van der Waals surface area contributed by atoms with Crippen LogP contribution >= 0.6 is 11.6 Å². The Kier molecular flexibility index (Phi) is 2.57. The topological polar surface area (TPSA) is 47.3 Å². The van der Waals surface area contributed by atoms with Crippen LogP contribution in [-0.2, 0) is 0 Å². The summed E-state index contributed by atoms with van der Waals surface area (Å²) in [5.74, 6) is -0.111. The molecule has 5 heteroatoms. The Morgan fingerprint density at radius 1 is 1.28 bits per heavy atom. The van der Waals surface area contributed by atoms with E-state index in [1.165, 1.54) is 0 Å². The lowest BCUT2D eigenvalue weighted by Gasteiger charge is -1.99. The zero-order valence-electron chi connectivity index (χ0n) is 9.25. The summed E-state index contributed by atoms with van der Waals surface area (Å²) >= 11 is 5.88. The van der Waals surface area contributed by atoms with E-state index in [9.17, 15) is 4.79 Å². The molecule has 4 nitrogen and oxygen atoms in total. The molecule has 0 unspecified atom stereocenters. The third-order valence-corrected chi connectivity index (χ3v) is 2.89. The van der Waals surface area contributed by atoms with Gasteiger partial charge < -0.3 is 0 Å². The molecule has 18 heavy (non-hydrogen) atoms. The first kappa shape index (κ1) is 10.9. The number of halogens is 1. The highest BCUT2D eigenvalue weighted by Crippen LogP contribution is 2.17. The van der Waals surface area contributed by atoms with E-state index in [4.69, 9.17) is 11.6 Å². The van der Waals surface area contributed by atoms with Crippen LogP contribution in [0.25, 0.3) is 5.52 Å². The highest BCUT2D eigenvalue weighted by atomic mass is 35.5. The third-order valence-electron chi connectivity index (χ3n) is 2.66. The fourth-order valence-corrected chi connectivity index (χ4v) is 1.98. The molecule has 2 heterocycles. The molecule has 0 aliphatic rings. The van der Waals surface area contributed by atoms with Crippen molar-refractivity contribution in [3.8, 4) is 0 Å². The molecule has 0 N–H and O–H groups in total. The molecule has 1 aromatic carbocycles. The van der Waals surface area contributed by atoms with Crippen molar-refractivity contribution in [2.75, 3.05) is 0 Å². The van der Waals surface area contributed by atoms with Crippen LogP contribution in [0.5, 0.6) is 0 Å². The molecule has 0 amide bonds. The molecule has 0 aliphatic carbocycles. The highest BCUT2D eigenvalue weighted by Gasteiger charge is 2.14. The van der Waals surface area contributed by atoms with Gasteiger partial charge in [-0.2, -0.15) is 5.10 Å². The van der Waals surface area contributed by atoms with Gasteiger partial charge in [-0.25, -0.2) is 4.52 Å². The number of hydrogen-bond donors (Lipinski definition) is 0. The molecule has 0 bridgehead atoms. The number of carbonyl (C=O) groups is 1. The molecular weight excluding hydrogens is 250 g/mol. The van der Waals surface area contributed by atoms with Crippen molar-refractivity contribution in [1.82, 2.24) is 14.6 Å². The molecule has 0 atom stereocenters. The zero-order valence-corrected chi connectivity index (χ0v) is 10.0. The molecule has 88 valence electrons. The Morgan fingerprint density at radius 3 is 3.00 bits per heavy atom. The van der Waals surface area contributed by atoms with Gasteiger partial charge in [0, 0.05) is 23.0 Å². The Balaban J connectivity index is 2.12. The van der Waals surface area contributed by atoms with E-state index in [1.54, 1.807) is 53.6 Å². The molecule has 0 saturated heterocycles. The maximum absolute atomic E-state index is 12.3. The smallest absolute Gasteiger partial charge is 0.196 e. The molecule has 0 spiro atoms. The molecule has 0 aliphatic heterocycles. The minimum Gasteiger partial charge on any atom is -0.288 e. The van der Waals surface area contributed by atoms with Gasteiger partial charge in [0.25, 0.3) is 0 Å². The van der Waals surface area contributed by atoms with Crippen molar-refractivity contribution in [2.45, 2.75) is 0 Å². The average molecular weight is 258 g/mol. The zero-order chi connectivity index (χ0) is 12.5. The Bertz CT molecular complexity index is 736. The number of aromatic nitrogens is 3. The fourth-order valence-electron chi connectivity index (χ4n) is 1.79. The van der Waals surface area contributed by atoms with Gasteiger partial charge in [-0.3, -0.25) is 9.78 Å². The van der Waals surface area contributed by atoms with E-state index in [0.717, 1.165) is 0 Å². The van der Waals surface area contributed by atoms with E-state index >= 15 is 0 Å². The summed E-state index contributed by atoms with van der Waals surface area (Å²) in [4.78, 5) is 16.3. The molecule has 3 rings (SSSR count). The second kappa shape index (κ2) is 4.23. The van der Waals surface area contributed by atoms with Crippen LogP contribution in [0, 0.1) is 0 Å². The molecule has 3 aromatic rings. The van der Waals surface area contributed by atoms with Crippen LogP contribution in [0.15, 0.2) is 49.1 Å². The van der Waals surface area contributed by atoms with Crippen molar-refractivity contribution < 1.29 is 4.79 Å². The Hall–Kier alpha value is -2.20. The second-order valence-electron chi connectivity index (χ2n) is 3.80. The largest absolute Gasteiger partial charge is 0.288 e. The monoisotopic (exact) mass is 257 g/mol. The van der Waals surface area contributed by atoms with Crippen LogP contribution in [-0.4, -0.2) is 20.4 Å². The van der Waals surface area contributed by atoms with Crippen LogP contribution in [0.1, 0.15) is 15.9 Å². The number of ketones is 1. The number of carbonyl (C=O) groups excluding carboxylic acids is 1. The molecule has 2 aromatic heterocycles. The van der Waals surface area contributed by atoms with Crippen LogP contribution < -0.4 is 0 Å². The molecule has 0 fully saturated rings. The van der Waals surface area contributed by atoms with Gasteiger partial charge in [-0.15, -0.1) is 0 Å². The number of benzene rings is 1. The highest BCUT2D eigenvalue weighted by molar-refractivity contribution is 6.31. The van der Waals surface area contributed by atoms with Gasteiger partial charge in [-0.1, -0.05) is 23.7 Å². The van der Waals surface area contributed by atoms with Gasteiger partial charge >= 0.3 is 0 Å². The van der Waals surface area contributed by atoms with Crippen molar-refractivity contribution >= 4 is 22.9 Å². The first-order chi connectivity index (χ1) is 8.75. The van der Waals surface area contributed by atoms with E-state index < -0.39 is 0 Å². The fraction of sp³-hybridized carbons (Fsp3) is 0. The summed E-state index contributed by atoms with van der Waals surface area (Å²) in [5.41, 5.74) is 1.74. The van der Waals surface area contributed by atoms with Gasteiger partial charge in [-0.05, 0) is 12.1 Å². The normalized spacial score (nSPS) is 10.7. The Morgan fingerprint density at radius 2 is 2.17 bits per heavy atom. The van der Waals surface area contributed by atoms with Crippen molar-refractivity contribution in [1.29, 1.82) is 0 Å². The predicted octanol–water partition coefficient (Wildman–Crippen LogP) is 2.61. The van der Waals surface area contributed by atoms with E-state index in [-0.39, 0.29) is 5.78 Å². The van der Waals surface area contributed by atoms with Crippen LogP contribution in [0.4, 0.5) is 0 Å². The summed E-state index contributed by atoms with van der Waals surface area (Å²) in [5, 5.41) is 4.65. The van der Waals surface area contributed by atoms with Crippen LogP contribution in [0.2, 0.25) is 5.02 Å². The maximum atomic E-state index is 12.3. The van der Waals surface area contributed by atoms with E-state index in [1.807, 2.05) is 0 Å². The van der Waals surface area contributed by atoms with Gasteiger partial charge in [0.1, 0.15) is 0 Å². The second-order valence-corrected chi connectivity index (χ2v) is 4.24. The Labute approximate surface area is 108 Å². The quantitative estimate of drug-likeness (QED) is 0.663. The van der Waals surface area contributed by atoms with Crippen molar-refractivity contribution in [2.24, 2.45) is 0 Å². The molecule has 0 saturated carbocycles. The summed E-state index contributed by atoms with van der Waals surface area (Å²) < 4.78 is 1.62. The van der Waals surface area contributed by atoms with Crippen LogP contribution in [0.3, 0.4) is 0 Å². The van der Waals surface area contributed by atoms with Crippen molar-refractivity contribution in [3.05, 3.63) is 65.2 Å². The number of fused-ring (bicyclic) bond motifs is 1. The number of rotatable bonds is 2. The summed E-state index contributed by atoms with van der Waals surface area (Å²) in [7, 11) is 0. The first-order valence-electron chi connectivity index (χ1n) is 5.33. The van der Waals surface area contributed by atoms with E-state index in [0.29, 0.717) is 21.7 Å². The number of nitrogens with zero attached hydrogens (tertiary/aromatic N) is 3. The average Bonchev–Trinajstić information content (AvgIpc) is 2.82. The summed E-state index contributed by atoms with van der Waals surface area (Å²) in [6, 6.07) is 6.85. The summed E-state index contributed by atoms with van der Waals surface area (Å²) in [6.45, 7) is 0. The SMILES string of the molecule is O=C(c1cccc(Cl)c1)c1cnn2ccncc12.